The fourth-order valence-corrected chi connectivity index (χ4v) is 3.53. The number of fused-ring (bicyclic) bond motifs is 1. The van der Waals surface area contributed by atoms with Gasteiger partial charge in [-0.25, -0.2) is 4.98 Å². The van der Waals surface area contributed by atoms with Crippen molar-refractivity contribution in [3.05, 3.63) is 48.8 Å². The number of nitrogens with one attached hydrogen (secondary N) is 1. The zero-order chi connectivity index (χ0) is 18.6. The van der Waals surface area contributed by atoms with E-state index in [4.69, 9.17) is 4.74 Å². The molecule has 0 spiro atoms. The Kier molecular flexibility index (Phi) is 4.91. The lowest BCUT2D eigenvalue weighted by molar-refractivity contribution is -0.377. The molecule has 0 bridgehead atoms. The number of H-pyrrole nitrogens is 1. The fraction of sp³-hybridized carbons (Fsp3) is 0.350. The van der Waals surface area contributed by atoms with Gasteiger partial charge in [0.2, 0.25) is 11.8 Å². The third kappa shape index (κ3) is 3.72. The minimum Gasteiger partial charge on any atom is -0.491 e. The van der Waals surface area contributed by atoms with Gasteiger partial charge in [-0.05, 0) is 12.1 Å². The van der Waals surface area contributed by atoms with E-state index in [1.807, 2.05) is 53.7 Å². The number of pyridine rings is 1. The van der Waals surface area contributed by atoms with Crippen LogP contribution in [0, 0.1) is 0 Å². The van der Waals surface area contributed by atoms with Gasteiger partial charge in [-0.3, -0.25) is 14.5 Å². The first kappa shape index (κ1) is 17.3. The first-order chi connectivity index (χ1) is 13.2. The number of hydrogen-bond acceptors (Lipinski definition) is 4. The number of benzene rings is 1. The van der Waals surface area contributed by atoms with Crippen molar-refractivity contribution in [3.63, 3.8) is 0 Å². The molecule has 27 heavy (non-hydrogen) atoms. The standard InChI is InChI=1S/C20H22N4O3/c25-19-7-14-27-18-4-2-1-3-17(18)24(19)15-20(26)23-12-10-22(11-13-23)16-5-8-21-9-6-16/h1-6,8-9H,7,10-15H2/p+1. The van der Waals surface area contributed by atoms with Gasteiger partial charge in [-0.2, -0.15) is 0 Å². The molecule has 0 aliphatic carbocycles. The summed E-state index contributed by atoms with van der Waals surface area (Å²) in [4.78, 5) is 34.0. The van der Waals surface area contributed by atoms with Crippen molar-refractivity contribution < 1.29 is 19.3 Å². The molecule has 7 heteroatoms. The van der Waals surface area contributed by atoms with Gasteiger partial charge < -0.3 is 14.5 Å². The summed E-state index contributed by atoms with van der Waals surface area (Å²) in [7, 11) is 0. The van der Waals surface area contributed by atoms with Crippen LogP contribution in [0.1, 0.15) is 6.42 Å². The van der Waals surface area contributed by atoms with E-state index in [1.54, 1.807) is 4.90 Å². The monoisotopic (exact) mass is 367 g/mol. The zero-order valence-electron chi connectivity index (χ0n) is 15.1. The molecule has 1 aromatic heterocycles. The number of hydrogen-bond donors (Lipinski definition) is 0. The highest BCUT2D eigenvalue weighted by molar-refractivity contribution is 6.00. The second kappa shape index (κ2) is 7.65. The molecular formula is C20H23N4O3+. The average Bonchev–Trinajstić information content (AvgIpc) is 2.88. The van der Waals surface area contributed by atoms with Crippen LogP contribution in [0.2, 0.25) is 0 Å². The summed E-state index contributed by atoms with van der Waals surface area (Å²) >= 11 is 0. The van der Waals surface area contributed by atoms with Crippen molar-refractivity contribution >= 4 is 23.2 Å². The molecule has 0 radical (unpaired) electrons. The Labute approximate surface area is 158 Å². The molecule has 2 aliphatic heterocycles. The number of piperazine rings is 1. The van der Waals surface area contributed by atoms with Crippen molar-refractivity contribution in [2.45, 2.75) is 6.42 Å². The Morgan fingerprint density at radius 1 is 1.04 bits per heavy atom. The average molecular weight is 367 g/mol. The molecular weight excluding hydrogens is 344 g/mol. The summed E-state index contributed by atoms with van der Waals surface area (Å²) in [5.74, 6) is 0.551. The molecule has 0 saturated carbocycles. The van der Waals surface area contributed by atoms with E-state index in [-0.39, 0.29) is 24.8 Å². The van der Waals surface area contributed by atoms with Gasteiger partial charge in [0.25, 0.3) is 0 Å². The SMILES string of the molecule is O=C(CN1C(=O)CCOc2ccccc21)N1CCN(c2cc[nH+]cc2)CC1. The molecule has 1 fully saturated rings. The molecule has 4 rings (SSSR count). The molecule has 1 aromatic carbocycles. The van der Waals surface area contributed by atoms with Gasteiger partial charge in [0, 0.05) is 44.0 Å². The third-order valence-corrected chi connectivity index (χ3v) is 5.02. The molecule has 7 nitrogen and oxygen atoms in total. The normalized spacial score (nSPS) is 17.2. The van der Waals surface area contributed by atoms with E-state index in [0.29, 0.717) is 31.1 Å². The Morgan fingerprint density at radius 3 is 2.56 bits per heavy atom. The number of aromatic amines is 1. The minimum atomic E-state index is -0.0764. The van der Waals surface area contributed by atoms with E-state index in [0.717, 1.165) is 18.8 Å². The van der Waals surface area contributed by atoms with Crippen LogP contribution >= 0.6 is 0 Å². The molecule has 2 aliphatic rings. The summed E-state index contributed by atoms with van der Waals surface area (Å²) < 4.78 is 5.64. The Hall–Kier alpha value is -3.09. The highest BCUT2D eigenvalue weighted by atomic mass is 16.5. The lowest BCUT2D eigenvalue weighted by Crippen LogP contribution is -2.52. The summed E-state index contributed by atoms with van der Waals surface area (Å²) in [6.07, 6.45) is 4.08. The van der Waals surface area contributed by atoms with Crippen molar-refractivity contribution in [2.75, 3.05) is 49.1 Å². The number of para-hydroxylation sites is 2. The molecule has 0 unspecified atom stereocenters. The predicted octanol–water partition coefficient (Wildman–Crippen LogP) is 0.965. The first-order valence-electron chi connectivity index (χ1n) is 9.23. The molecule has 1 N–H and O–H groups in total. The largest absolute Gasteiger partial charge is 0.491 e. The summed E-state index contributed by atoms with van der Waals surface area (Å²) in [6.45, 7) is 3.26. The van der Waals surface area contributed by atoms with Crippen LogP contribution in [-0.2, 0) is 9.59 Å². The molecule has 0 atom stereocenters. The second-order valence-electron chi connectivity index (χ2n) is 6.67. The highest BCUT2D eigenvalue weighted by Gasteiger charge is 2.28. The number of ether oxygens (including phenoxy) is 1. The molecule has 140 valence electrons. The van der Waals surface area contributed by atoms with Crippen molar-refractivity contribution in [1.29, 1.82) is 0 Å². The number of carbonyl (C=O) groups is 2. The second-order valence-corrected chi connectivity index (χ2v) is 6.67. The Bertz CT molecular complexity index is 819. The highest BCUT2D eigenvalue weighted by Crippen LogP contribution is 2.31. The van der Waals surface area contributed by atoms with Crippen LogP contribution in [0.5, 0.6) is 5.75 Å². The Balaban J connectivity index is 1.42. The predicted molar refractivity (Wildman–Crippen MR) is 101 cm³/mol. The quantitative estimate of drug-likeness (QED) is 0.811. The van der Waals surface area contributed by atoms with Gasteiger partial charge in [-0.1, -0.05) is 12.1 Å². The molecule has 2 amide bonds. The molecule has 3 heterocycles. The summed E-state index contributed by atoms with van der Waals surface area (Å²) in [5, 5.41) is 0. The van der Waals surface area contributed by atoms with E-state index in [2.05, 4.69) is 9.88 Å². The number of amides is 2. The van der Waals surface area contributed by atoms with Gasteiger partial charge >= 0.3 is 0 Å². The van der Waals surface area contributed by atoms with E-state index >= 15 is 0 Å². The van der Waals surface area contributed by atoms with E-state index in [1.165, 1.54) is 0 Å². The van der Waals surface area contributed by atoms with Gasteiger partial charge in [0.15, 0.2) is 12.4 Å². The van der Waals surface area contributed by atoms with Crippen molar-refractivity contribution in [3.8, 4) is 5.75 Å². The minimum absolute atomic E-state index is 0.0268. The van der Waals surface area contributed by atoms with Crippen LogP contribution in [-0.4, -0.2) is 56.0 Å². The van der Waals surface area contributed by atoms with Crippen LogP contribution in [0.25, 0.3) is 0 Å². The topological polar surface area (TPSA) is 67.2 Å². The maximum atomic E-state index is 12.8. The van der Waals surface area contributed by atoms with Gasteiger partial charge in [-0.15, -0.1) is 0 Å². The van der Waals surface area contributed by atoms with Crippen LogP contribution in [0.3, 0.4) is 0 Å². The lowest BCUT2D eigenvalue weighted by atomic mass is 10.2. The lowest BCUT2D eigenvalue weighted by Gasteiger charge is -2.36. The molecule has 1 saturated heterocycles. The van der Waals surface area contributed by atoms with Crippen LogP contribution in [0.4, 0.5) is 11.4 Å². The maximum Gasteiger partial charge on any atom is 0.242 e. The smallest absolute Gasteiger partial charge is 0.242 e. The first-order valence-corrected chi connectivity index (χ1v) is 9.23. The number of carbonyl (C=O) groups excluding carboxylic acids is 2. The third-order valence-electron chi connectivity index (χ3n) is 5.02. The van der Waals surface area contributed by atoms with Gasteiger partial charge in [0.1, 0.15) is 12.3 Å². The van der Waals surface area contributed by atoms with Crippen molar-refractivity contribution in [1.82, 2.24) is 4.90 Å². The number of aromatic nitrogens is 1. The summed E-state index contributed by atoms with van der Waals surface area (Å²) in [6, 6.07) is 11.5. The number of nitrogens with zero attached hydrogens (tertiary/aromatic N) is 3. The van der Waals surface area contributed by atoms with E-state index < -0.39 is 0 Å². The Morgan fingerprint density at radius 2 is 1.78 bits per heavy atom. The number of rotatable bonds is 3. The van der Waals surface area contributed by atoms with Crippen LogP contribution in [0.15, 0.2) is 48.8 Å². The van der Waals surface area contributed by atoms with Crippen LogP contribution < -0.4 is 19.5 Å². The fourth-order valence-electron chi connectivity index (χ4n) is 3.53. The summed E-state index contributed by atoms with van der Waals surface area (Å²) in [5.41, 5.74) is 1.82. The van der Waals surface area contributed by atoms with E-state index in [9.17, 15) is 9.59 Å². The van der Waals surface area contributed by atoms with Crippen molar-refractivity contribution in [2.24, 2.45) is 0 Å². The number of anilines is 2. The van der Waals surface area contributed by atoms with Gasteiger partial charge in [0.05, 0.1) is 18.7 Å². The maximum absolute atomic E-state index is 12.8. The zero-order valence-corrected chi connectivity index (χ0v) is 15.1. The molecule has 2 aromatic rings.